The van der Waals surface area contributed by atoms with Crippen molar-refractivity contribution in [1.82, 2.24) is 39.6 Å². The summed E-state index contributed by atoms with van der Waals surface area (Å²) in [6.07, 6.45) is -9.01. The van der Waals surface area contributed by atoms with Gasteiger partial charge in [0.1, 0.15) is 22.2 Å². The predicted molar refractivity (Wildman–Crippen MR) is 145 cm³/mol. The quantitative estimate of drug-likeness (QED) is 0.158. The zero-order valence-corrected chi connectivity index (χ0v) is 23.9. The van der Waals surface area contributed by atoms with E-state index in [1.807, 2.05) is 13.8 Å². The second-order valence-corrected chi connectivity index (χ2v) is 11.4. The van der Waals surface area contributed by atoms with E-state index in [2.05, 4.69) is 30.6 Å². The maximum atomic E-state index is 13.3. The Labute approximate surface area is 246 Å². The minimum atomic E-state index is -4.51. The van der Waals surface area contributed by atoms with E-state index in [0.29, 0.717) is 32.8 Å². The molecule has 0 bridgehead atoms. The molecule has 43 heavy (non-hydrogen) atoms. The molecular weight excluding hydrogens is 618 g/mol. The van der Waals surface area contributed by atoms with Gasteiger partial charge in [-0.15, -0.1) is 20.4 Å². The topological polar surface area (TPSA) is 95.4 Å². The smallest absolute Gasteiger partial charge is 0.360 e. The second kappa shape index (κ2) is 10.9. The first-order valence-electron chi connectivity index (χ1n) is 12.9. The molecule has 0 spiro atoms. The van der Waals surface area contributed by atoms with Crippen LogP contribution in [0.3, 0.4) is 0 Å². The fourth-order valence-electron chi connectivity index (χ4n) is 4.41. The van der Waals surface area contributed by atoms with Crippen LogP contribution in [0.5, 0.6) is 0 Å². The number of nitrogens with zero attached hydrogens (tertiary/aromatic N) is 8. The van der Waals surface area contributed by atoms with Gasteiger partial charge in [0.15, 0.2) is 11.6 Å². The zero-order valence-electron chi connectivity index (χ0n) is 22.3. The van der Waals surface area contributed by atoms with Gasteiger partial charge in [-0.25, -0.2) is 0 Å². The Bertz CT molecular complexity index is 1770. The minimum Gasteiger partial charge on any atom is -0.360 e. The van der Waals surface area contributed by atoms with Crippen molar-refractivity contribution in [2.45, 2.75) is 51.2 Å². The first-order chi connectivity index (χ1) is 20.5. The Kier molecular flexibility index (Phi) is 7.42. The van der Waals surface area contributed by atoms with Gasteiger partial charge in [-0.05, 0) is 37.1 Å². The zero-order chi connectivity index (χ0) is 30.5. The first kappa shape index (κ1) is 29.1. The van der Waals surface area contributed by atoms with Crippen LogP contribution in [0.15, 0.2) is 48.5 Å². The van der Waals surface area contributed by atoms with Crippen molar-refractivity contribution in [3.05, 3.63) is 69.7 Å². The van der Waals surface area contributed by atoms with Crippen molar-refractivity contribution in [2.75, 3.05) is 0 Å². The number of benzene rings is 2. The number of alkyl halides is 6. The molecule has 0 aliphatic rings. The highest BCUT2D eigenvalue weighted by Gasteiger charge is 2.32. The third kappa shape index (κ3) is 5.59. The number of hydrogen-bond acceptors (Lipinski definition) is 9. The minimum absolute atomic E-state index is 0.168. The molecule has 0 radical (unpaired) electrons. The molecule has 0 aliphatic heterocycles. The molecule has 6 rings (SSSR count). The molecule has 0 amide bonds. The number of ether oxygens (including phenoxy) is 1. The number of halogens is 6. The summed E-state index contributed by atoms with van der Waals surface area (Å²) in [5, 5.41) is 26.5. The maximum absolute atomic E-state index is 13.3. The molecular formula is C26H20F6N8OS2. The standard InChI is InChI=1S/C26H20F6N8OS2/c1-3-17(21-37-39-19(33-35-23(39)42-21)13-7-5-9-15(11-13)25(27,28)29)41-18(4-2)22-38-40-20(34-36-24(40)43-22)14-8-6-10-16(12-14)26(30,31)32/h5-12,17-18H,3-4H2,1-2H3. The maximum Gasteiger partial charge on any atom is 0.416 e. The summed E-state index contributed by atoms with van der Waals surface area (Å²) in [5.41, 5.74) is -1.18. The molecule has 2 aromatic carbocycles. The molecule has 2 unspecified atom stereocenters. The number of fused-ring (bicyclic) bond motifs is 2. The molecule has 224 valence electrons. The van der Waals surface area contributed by atoms with E-state index in [1.54, 1.807) is 0 Å². The van der Waals surface area contributed by atoms with E-state index >= 15 is 0 Å². The highest BCUT2D eigenvalue weighted by Crippen LogP contribution is 2.37. The van der Waals surface area contributed by atoms with Crippen molar-refractivity contribution in [3.8, 4) is 22.8 Å². The van der Waals surface area contributed by atoms with Crippen molar-refractivity contribution in [3.63, 3.8) is 0 Å². The van der Waals surface area contributed by atoms with Crippen LogP contribution in [0, 0.1) is 0 Å². The van der Waals surface area contributed by atoms with Crippen molar-refractivity contribution >= 4 is 32.6 Å². The molecule has 4 aromatic heterocycles. The second-order valence-electron chi connectivity index (χ2n) is 9.40. The molecule has 0 N–H and O–H groups in total. The highest BCUT2D eigenvalue weighted by atomic mass is 32.1. The lowest BCUT2D eigenvalue weighted by molar-refractivity contribution is -0.138. The van der Waals surface area contributed by atoms with E-state index in [4.69, 9.17) is 4.74 Å². The van der Waals surface area contributed by atoms with Crippen LogP contribution in [-0.2, 0) is 17.1 Å². The summed E-state index contributed by atoms with van der Waals surface area (Å²) < 4.78 is 88.8. The third-order valence-corrected chi connectivity index (χ3v) is 8.51. The lowest BCUT2D eigenvalue weighted by Crippen LogP contribution is -2.10. The van der Waals surface area contributed by atoms with Gasteiger partial charge in [-0.1, -0.05) is 60.8 Å². The van der Waals surface area contributed by atoms with Crippen LogP contribution in [0.25, 0.3) is 32.7 Å². The van der Waals surface area contributed by atoms with Crippen LogP contribution in [0.4, 0.5) is 26.3 Å². The highest BCUT2D eigenvalue weighted by molar-refractivity contribution is 7.17. The molecule has 9 nitrogen and oxygen atoms in total. The lowest BCUT2D eigenvalue weighted by atomic mass is 10.1. The van der Waals surface area contributed by atoms with Gasteiger partial charge in [0.2, 0.25) is 9.92 Å². The summed E-state index contributed by atoms with van der Waals surface area (Å²) in [4.78, 5) is 0.782. The monoisotopic (exact) mass is 638 g/mol. The predicted octanol–water partition coefficient (Wildman–Crippen LogP) is 7.68. The third-order valence-electron chi connectivity index (χ3n) is 6.53. The molecule has 0 fully saturated rings. The Hall–Kier alpha value is -3.96. The van der Waals surface area contributed by atoms with Gasteiger partial charge in [0, 0.05) is 11.1 Å². The molecule has 6 aromatic rings. The molecule has 4 heterocycles. The van der Waals surface area contributed by atoms with E-state index < -0.39 is 35.7 Å². The van der Waals surface area contributed by atoms with Crippen molar-refractivity contribution < 1.29 is 31.1 Å². The van der Waals surface area contributed by atoms with Crippen molar-refractivity contribution in [1.29, 1.82) is 0 Å². The van der Waals surface area contributed by atoms with E-state index in [1.165, 1.54) is 56.0 Å². The average Bonchev–Trinajstić information content (AvgIpc) is 3.74. The summed E-state index contributed by atoms with van der Waals surface area (Å²) in [7, 11) is 0. The van der Waals surface area contributed by atoms with Gasteiger partial charge in [0.05, 0.1) is 11.1 Å². The van der Waals surface area contributed by atoms with E-state index in [9.17, 15) is 26.3 Å². The van der Waals surface area contributed by atoms with Gasteiger partial charge in [0.25, 0.3) is 0 Å². The Morgan fingerprint density at radius 3 is 1.47 bits per heavy atom. The summed E-state index contributed by atoms with van der Waals surface area (Å²) >= 11 is 2.41. The average molecular weight is 639 g/mol. The van der Waals surface area contributed by atoms with Gasteiger partial charge in [-0.3, -0.25) is 0 Å². The molecule has 0 saturated carbocycles. The van der Waals surface area contributed by atoms with Crippen LogP contribution in [0.1, 0.15) is 60.0 Å². The summed E-state index contributed by atoms with van der Waals surface area (Å²) in [6.45, 7) is 3.80. The van der Waals surface area contributed by atoms with Crippen LogP contribution < -0.4 is 0 Å². The van der Waals surface area contributed by atoms with Gasteiger partial charge < -0.3 is 4.74 Å². The number of rotatable bonds is 8. The summed E-state index contributed by atoms with van der Waals surface area (Å²) in [5.74, 6) is 0.336. The van der Waals surface area contributed by atoms with Crippen LogP contribution >= 0.6 is 22.7 Å². The largest absolute Gasteiger partial charge is 0.416 e. The molecule has 0 aliphatic carbocycles. The normalized spacial score (nSPS) is 14.1. The molecule has 0 saturated heterocycles. The van der Waals surface area contributed by atoms with Gasteiger partial charge >= 0.3 is 12.4 Å². The van der Waals surface area contributed by atoms with E-state index in [0.717, 1.165) is 24.3 Å². The fraction of sp³-hybridized carbons (Fsp3) is 0.308. The molecule has 2 atom stereocenters. The Balaban J connectivity index is 1.28. The van der Waals surface area contributed by atoms with E-state index in [-0.39, 0.29) is 22.8 Å². The SMILES string of the molecule is CCC(OC(CC)c1nn2c(-c3cccc(C(F)(F)F)c3)nnc2s1)c1nn2c(-c3cccc(C(F)(F)F)c3)nnc2s1. The summed E-state index contributed by atoms with van der Waals surface area (Å²) in [6, 6.07) is 9.57. The Morgan fingerprint density at radius 1 is 0.674 bits per heavy atom. The fourth-order valence-corrected chi connectivity index (χ4v) is 6.33. The lowest BCUT2D eigenvalue weighted by Gasteiger charge is -2.19. The molecule has 17 heteroatoms. The van der Waals surface area contributed by atoms with Crippen molar-refractivity contribution in [2.24, 2.45) is 0 Å². The number of aromatic nitrogens is 8. The van der Waals surface area contributed by atoms with Gasteiger partial charge in [-0.2, -0.15) is 45.6 Å². The Morgan fingerprint density at radius 2 is 1.09 bits per heavy atom. The first-order valence-corrected chi connectivity index (χ1v) is 14.5. The van der Waals surface area contributed by atoms with Crippen LogP contribution in [-0.4, -0.2) is 39.6 Å². The number of hydrogen-bond donors (Lipinski definition) is 0. The van der Waals surface area contributed by atoms with Crippen LogP contribution in [0.2, 0.25) is 0 Å².